The topological polar surface area (TPSA) is 151 Å². The van der Waals surface area contributed by atoms with Gasteiger partial charge in [-0.1, -0.05) is 18.2 Å². The summed E-state index contributed by atoms with van der Waals surface area (Å²) in [5.74, 6) is -1.17. The van der Waals surface area contributed by atoms with Gasteiger partial charge in [-0.2, -0.15) is 0 Å². The predicted molar refractivity (Wildman–Crippen MR) is 166 cm³/mol. The smallest absolute Gasteiger partial charge is 0.468 e. The molecule has 2 atom stereocenters. The molecule has 1 aliphatic rings. The number of aliphatic carboxylic acids is 1. The van der Waals surface area contributed by atoms with Gasteiger partial charge in [0.15, 0.2) is 0 Å². The second-order valence-corrected chi connectivity index (χ2v) is 11.8. The van der Waals surface area contributed by atoms with Gasteiger partial charge in [0.1, 0.15) is 0 Å². The van der Waals surface area contributed by atoms with E-state index in [0.29, 0.717) is 43.1 Å². The number of pyridine rings is 4. The Hall–Kier alpha value is -4.17. The first kappa shape index (κ1) is 31.3. The molecule has 3 N–H and O–H groups in total. The van der Waals surface area contributed by atoms with Gasteiger partial charge < -0.3 is 20.1 Å². The van der Waals surface area contributed by atoms with Crippen LogP contribution in [0.15, 0.2) is 90.5 Å². The zero-order chi connectivity index (χ0) is 30.7. The van der Waals surface area contributed by atoms with E-state index in [1.54, 1.807) is 37.1 Å². The van der Waals surface area contributed by atoms with E-state index in [0.717, 1.165) is 22.6 Å². The van der Waals surface area contributed by atoms with Crippen LogP contribution in [0.1, 0.15) is 41.9 Å². The lowest BCUT2D eigenvalue weighted by Crippen LogP contribution is -2.42. The SMILES string of the molecule is O=C(O)C[C@@H]1CC[C@H](Sc2cnccc2NC(=O)Cc2ccc(CN(Cc3ccccn3)Cc3ccccn3)nc2)B(O)O1. The van der Waals surface area contributed by atoms with Crippen molar-refractivity contribution in [2.75, 3.05) is 5.32 Å². The summed E-state index contributed by atoms with van der Waals surface area (Å²) in [7, 11) is -1.12. The van der Waals surface area contributed by atoms with Crippen LogP contribution in [-0.2, 0) is 40.3 Å². The zero-order valence-electron chi connectivity index (χ0n) is 24.0. The Kier molecular flexibility index (Phi) is 11.0. The third-order valence-electron chi connectivity index (χ3n) is 7.02. The molecular formula is C31H33BN6O5S. The molecule has 4 aromatic rings. The predicted octanol–water partition coefficient (Wildman–Crippen LogP) is 3.78. The molecule has 0 spiro atoms. The van der Waals surface area contributed by atoms with Crippen molar-refractivity contribution in [3.8, 4) is 0 Å². The average molecular weight is 613 g/mol. The highest BCUT2D eigenvalue weighted by atomic mass is 32.2. The normalized spacial score (nSPS) is 16.5. The molecule has 0 aromatic carbocycles. The number of nitrogens with one attached hydrogen (secondary N) is 1. The number of carbonyl (C=O) groups excluding carboxylic acids is 1. The average Bonchev–Trinajstić information content (AvgIpc) is 3.01. The summed E-state index contributed by atoms with van der Waals surface area (Å²) in [4.78, 5) is 44.6. The highest BCUT2D eigenvalue weighted by molar-refractivity contribution is 8.01. The number of aromatic nitrogens is 4. The highest BCUT2D eigenvalue weighted by Crippen LogP contribution is 2.36. The fraction of sp³-hybridized carbons (Fsp3) is 0.290. The molecule has 1 saturated heterocycles. The van der Waals surface area contributed by atoms with E-state index in [2.05, 4.69) is 30.2 Å². The van der Waals surface area contributed by atoms with Crippen LogP contribution in [0.25, 0.3) is 0 Å². The number of hydrogen-bond acceptors (Lipinski definition) is 10. The summed E-state index contributed by atoms with van der Waals surface area (Å²) in [5.41, 5.74) is 4.14. The van der Waals surface area contributed by atoms with Gasteiger partial charge in [-0.25, -0.2) is 0 Å². The number of amides is 1. The fourth-order valence-corrected chi connectivity index (χ4v) is 6.05. The van der Waals surface area contributed by atoms with Crippen molar-refractivity contribution in [3.63, 3.8) is 0 Å². The number of nitrogens with zero attached hydrogens (tertiary/aromatic N) is 5. The van der Waals surface area contributed by atoms with Gasteiger partial charge in [-0.15, -0.1) is 11.8 Å². The molecule has 0 unspecified atom stereocenters. The summed E-state index contributed by atoms with van der Waals surface area (Å²) in [5, 5.41) is 22.1. The highest BCUT2D eigenvalue weighted by Gasteiger charge is 2.36. The van der Waals surface area contributed by atoms with Gasteiger partial charge in [0.05, 0.1) is 41.7 Å². The van der Waals surface area contributed by atoms with Crippen molar-refractivity contribution in [2.45, 2.75) is 61.5 Å². The maximum absolute atomic E-state index is 13.0. The van der Waals surface area contributed by atoms with Crippen LogP contribution >= 0.6 is 11.8 Å². The van der Waals surface area contributed by atoms with Gasteiger partial charge in [0, 0.05) is 60.7 Å². The number of thioether (sulfide) groups is 1. The minimum Gasteiger partial charge on any atom is -0.481 e. The summed E-state index contributed by atoms with van der Waals surface area (Å²) in [6.07, 6.45) is 9.09. The van der Waals surface area contributed by atoms with Crippen molar-refractivity contribution >= 4 is 36.4 Å². The van der Waals surface area contributed by atoms with Crippen molar-refractivity contribution in [1.82, 2.24) is 24.8 Å². The number of carboxylic acids is 1. The maximum atomic E-state index is 13.0. The molecule has 0 saturated carbocycles. The first-order valence-electron chi connectivity index (χ1n) is 14.3. The quantitative estimate of drug-likeness (QED) is 0.189. The van der Waals surface area contributed by atoms with Crippen LogP contribution in [0.3, 0.4) is 0 Å². The standard InChI is InChI=1S/C31H33BN6O5S/c39-30(37-27-11-14-33-18-28(27)44-29-10-9-26(16-31(40)41)43-32(29)42)15-22-7-8-25(36-17-22)21-38(19-23-5-1-3-12-34-23)20-24-6-2-4-13-35-24/h1-8,11-14,17-18,26,29,42H,9-10,15-16,19-21H2,(H,40,41)(H,33,37,39)/t26-,29-/m0/s1. The molecular weight excluding hydrogens is 579 g/mol. The molecule has 5 rings (SSSR count). The fourth-order valence-electron chi connectivity index (χ4n) is 4.92. The molecule has 13 heteroatoms. The molecule has 44 heavy (non-hydrogen) atoms. The minimum absolute atomic E-state index is 0.136. The molecule has 0 radical (unpaired) electrons. The molecule has 11 nitrogen and oxygen atoms in total. The van der Waals surface area contributed by atoms with E-state index >= 15 is 0 Å². The van der Waals surface area contributed by atoms with E-state index in [1.807, 2.05) is 48.5 Å². The van der Waals surface area contributed by atoms with Gasteiger partial charge in [0.2, 0.25) is 5.91 Å². The monoisotopic (exact) mass is 612 g/mol. The molecule has 0 bridgehead atoms. The van der Waals surface area contributed by atoms with Gasteiger partial charge in [-0.3, -0.25) is 34.4 Å². The lowest BCUT2D eigenvalue weighted by atomic mass is 9.77. The Morgan fingerprint density at radius 1 is 0.909 bits per heavy atom. The molecule has 0 aliphatic carbocycles. The van der Waals surface area contributed by atoms with E-state index in [-0.39, 0.29) is 23.9 Å². The van der Waals surface area contributed by atoms with E-state index in [4.69, 9.17) is 9.76 Å². The number of anilines is 1. The summed E-state index contributed by atoms with van der Waals surface area (Å²) in [6.45, 7) is 1.87. The van der Waals surface area contributed by atoms with E-state index in [9.17, 15) is 14.6 Å². The largest absolute Gasteiger partial charge is 0.481 e. The molecule has 5 heterocycles. The van der Waals surface area contributed by atoms with Crippen LogP contribution in [0.5, 0.6) is 0 Å². The van der Waals surface area contributed by atoms with Crippen molar-refractivity contribution < 1.29 is 24.4 Å². The molecule has 226 valence electrons. The zero-order valence-corrected chi connectivity index (χ0v) is 24.8. The second kappa shape index (κ2) is 15.5. The summed E-state index contributed by atoms with van der Waals surface area (Å²) < 4.78 is 5.50. The third-order valence-corrected chi connectivity index (χ3v) is 8.37. The van der Waals surface area contributed by atoms with E-state index in [1.165, 1.54) is 11.8 Å². The number of carboxylic acid groups (broad SMARTS) is 1. The lowest BCUT2D eigenvalue weighted by Gasteiger charge is -2.30. The second-order valence-electron chi connectivity index (χ2n) is 10.5. The minimum atomic E-state index is -1.12. The Balaban J connectivity index is 1.17. The Bertz CT molecular complexity index is 1480. The van der Waals surface area contributed by atoms with Crippen molar-refractivity contribution in [1.29, 1.82) is 0 Å². The Morgan fingerprint density at radius 2 is 1.61 bits per heavy atom. The van der Waals surface area contributed by atoms with Crippen LogP contribution in [0.2, 0.25) is 0 Å². The number of rotatable bonds is 13. The first-order valence-corrected chi connectivity index (χ1v) is 15.2. The molecule has 1 fully saturated rings. The molecule has 4 aromatic heterocycles. The van der Waals surface area contributed by atoms with Gasteiger partial charge >= 0.3 is 13.1 Å². The van der Waals surface area contributed by atoms with Gasteiger partial charge in [-0.05, 0) is 54.8 Å². The van der Waals surface area contributed by atoms with Crippen LogP contribution < -0.4 is 5.32 Å². The number of hydrogen-bond donors (Lipinski definition) is 3. The summed E-state index contributed by atoms with van der Waals surface area (Å²) >= 11 is 1.35. The van der Waals surface area contributed by atoms with Crippen molar-refractivity contribution in [2.24, 2.45) is 0 Å². The Morgan fingerprint density at radius 3 is 2.20 bits per heavy atom. The Labute approximate surface area is 260 Å². The van der Waals surface area contributed by atoms with E-state index < -0.39 is 19.2 Å². The maximum Gasteiger partial charge on any atom is 0.468 e. The first-order chi connectivity index (χ1) is 21.4. The lowest BCUT2D eigenvalue weighted by molar-refractivity contribution is -0.139. The number of carbonyl (C=O) groups is 2. The molecule has 1 amide bonds. The van der Waals surface area contributed by atoms with Crippen LogP contribution in [0, 0.1) is 0 Å². The van der Waals surface area contributed by atoms with Crippen molar-refractivity contribution in [3.05, 3.63) is 108 Å². The van der Waals surface area contributed by atoms with Crippen LogP contribution in [0.4, 0.5) is 5.69 Å². The third kappa shape index (κ3) is 9.42. The van der Waals surface area contributed by atoms with Gasteiger partial charge in [0.25, 0.3) is 0 Å². The molecule has 1 aliphatic heterocycles. The summed E-state index contributed by atoms with van der Waals surface area (Å²) in [6, 6.07) is 17.3. The van der Waals surface area contributed by atoms with Crippen LogP contribution in [-0.4, -0.2) is 65.2 Å².